The maximum Gasteiger partial charge on any atom is 0.255 e. The van der Waals surface area contributed by atoms with Crippen LogP contribution in [0, 0.1) is 6.92 Å². The molecular formula is C13H17NO2. The Bertz CT molecular complexity index is 381. The minimum absolute atomic E-state index is 0.120. The fourth-order valence-corrected chi connectivity index (χ4v) is 1.36. The third kappa shape index (κ3) is 2.94. The van der Waals surface area contributed by atoms with Gasteiger partial charge in [-0.3, -0.25) is 4.79 Å². The van der Waals surface area contributed by atoms with Crippen molar-refractivity contribution < 1.29 is 9.53 Å². The number of ether oxygens (including phenoxy) is 1. The molecule has 0 fully saturated rings. The van der Waals surface area contributed by atoms with E-state index in [0.717, 1.165) is 5.69 Å². The second kappa shape index (κ2) is 5.47. The predicted molar refractivity (Wildman–Crippen MR) is 65.6 cm³/mol. The van der Waals surface area contributed by atoms with Crippen LogP contribution in [0.2, 0.25) is 0 Å². The minimum Gasteiger partial charge on any atom is -0.380 e. The van der Waals surface area contributed by atoms with Gasteiger partial charge in [0.2, 0.25) is 0 Å². The largest absolute Gasteiger partial charge is 0.380 e. The van der Waals surface area contributed by atoms with Crippen molar-refractivity contribution in [3.63, 3.8) is 0 Å². The van der Waals surface area contributed by atoms with Crippen molar-refractivity contribution >= 4 is 11.6 Å². The maximum atomic E-state index is 11.9. The van der Waals surface area contributed by atoms with Crippen LogP contribution in [0.3, 0.4) is 0 Å². The summed E-state index contributed by atoms with van der Waals surface area (Å²) in [6.07, 6.45) is 0. The van der Waals surface area contributed by atoms with E-state index in [2.05, 4.69) is 6.58 Å². The van der Waals surface area contributed by atoms with Gasteiger partial charge in [-0.1, -0.05) is 24.3 Å². The van der Waals surface area contributed by atoms with Crippen LogP contribution in [0.4, 0.5) is 5.69 Å². The summed E-state index contributed by atoms with van der Waals surface area (Å²) in [7, 11) is 3.28. The zero-order valence-corrected chi connectivity index (χ0v) is 9.99. The summed E-state index contributed by atoms with van der Waals surface area (Å²) in [6.45, 7) is 5.96. The Morgan fingerprint density at radius 1 is 1.38 bits per heavy atom. The molecule has 0 saturated heterocycles. The lowest BCUT2D eigenvalue weighted by Gasteiger charge is -2.18. The zero-order chi connectivity index (χ0) is 12.1. The molecule has 3 heteroatoms. The molecule has 0 aliphatic rings. The Morgan fingerprint density at radius 2 is 1.94 bits per heavy atom. The molecule has 1 aromatic rings. The summed E-state index contributed by atoms with van der Waals surface area (Å²) >= 11 is 0. The fraction of sp³-hybridized carbons (Fsp3) is 0.308. The van der Waals surface area contributed by atoms with E-state index in [0.29, 0.717) is 5.57 Å². The quantitative estimate of drug-likeness (QED) is 0.726. The Labute approximate surface area is 96.3 Å². The Balaban J connectivity index is 2.77. The first-order valence-corrected chi connectivity index (χ1v) is 5.07. The molecule has 0 bridgehead atoms. The van der Waals surface area contributed by atoms with Crippen LogP contribution in [0.15, 0.2) is 36.4 Å². The topological polar surface area (TPSA) is 29.5 Å². The number of carbonyl (C=O) groups excluding carboxylic acids is 1. The van der Waals surface area contributed by atoms with Gasteiger partial charge in [-0.15, -0.1) is 0 Å². The molecule has 1 aromatic carbocycles. The van der Waals surface area contributed by atoms with Gasteiger partial charge in [0, 0.05) is 25.4 Å². The van der Waals surface area contributed by atoms with Gasteiger partial charge in [0.25, 0.3) is 5.91 Å². The first-order chi connectivity index (χ1) is 7.56. The highest BCUT2D eigenvalue weighted by molar-refractivity contribution is 6.04. The van der Waals surface area contributed by atoms with Gasteiger partial charge in [0.05, 0.1) is 6.61 Å². The normalized spacial score (nSPS) is 9.94. The number of aryl methyl sites for hydroxylation is 1. The Kier molecular flexibility index (Phi) is 4.26. The fourth-order valence-electron chi connectivity index (χ4n) is 1.36. The van der Waals surface area contributed by atoms with E-state index in [9.17, 15) is 4.79 Å². The number of amides is 1. The second-order valence-electron chi connectivity index (χ2n) is 3.74. The Morgan fingerprint density at radius 3 is 2.44 bits per heavy atom. The van der Waals surface area contributed by atoms with Gasteiger partial charge in [-0.2, -0.15) is 0 Å². The molecule has 0 unspecified atom stereocenters. The average molecular weight is 219 g/mol. The van der Waals surface area contributed by atoms with Crippen LogP contribution in [0.25, 0.3) is 0 Å². The van der Waals surface area contributed by atoms with Crippen LogP contribution in [-0.2, 0) is 9.53 Å². The van der Waals surface area contributed by atoms with Crippen molar-refractivity contribution in [3.8, 4) is 0 Å². The first-order valence-electron chi connectivity index (χ1n) is 5.07. The minimum atomic E-state index is -0.120. The Hall–Kier alpha value is -1.61. The number of hydrogen-bond donors (Lipinski definition) is 0. The molecule has 0 saturated carbocycles. The van der Waals surface area contributed by atoms with Crippen LogP contribution < -0.4 is 4.90 Å². The summed E-state index contributed by atoms with van der Waals surface area (Å²) in [5.74, 6) is -0.120. The summed E-state index contributed by atoms with van der Waals surface area (Å²) in [4.78, 5) is 13.4. The lowest BCUT2D eigenvalue weighted by molar-refractivity contribution is -0.115. The number of anilines is 1. The van der Waals surface area contributed by atoms with E-state index in [4.69, 9.17) is 4.74 Å². The first kappa shape index (κ1) is 12.5. The van der Waals surface area contributed by atoms with E-state index >= 15 is 0 Å². The van der Waals surface area contributed by atoms with E-state index in [1.807, 2.05) is 31.2 Å². The van der Waals surface area contributed by atoms with E-state index < -0.39 is 0 Å². The molecule has 0 N–H and O–H groups in total. The lowest BCUT2D eigenvalue weighted by atomic mass is 10.2. The third-order valence-corrected chi connectivity index (χ3v) is 2.35. The second-order valence-corrected chi connectivity index (χ2v) is 3.74. The third-order valence-electron chi connectivity index (χ3n) is 2.35. The number of likely N-dealkylation sites (N-methyl/N-ethyl adjacent to an activating group) is 1. The molecule has 86 valence electrons. The van der Waals surface area contributed by atoms with Crippen LogP contribution in [0.1, 0.15) is 5.56 Å². The van der Waals surface area contributed by atoms with E-state index in [-0.39, 0.29) is 12.5 Å². The number of carbonyl (C=O) groups is 1. The van der Waals surface area contributed by atoms with Crippen molar-refractivity contribution in [1.29, 1.82) is 0 Å². The molecular weight excluding hydrogens is 202 g/mol. The van der Waals surface area contributed by atoms with Gasteiger partial charge < -0.3 is 9.64 Å². The van der Waals surface area contributed by atoms with Crippen molar-refractivity contribution in [2.24, 2.45) is 0 Å². The highest BCUT2D eigenvalue weighted by atomic mass is 16.5. The summed E-state index contributed by atoms with van der Waals surface area (Å²) in [5.41, 5.74) is 2.47. The summed E-state index contributed by atoms with van der Waals surface area (Å²) in [5, 5.41) is 0. The van der Waals surface area contributed by atoms with Crippen LogP contribution in [-0.4, -0.2) is 26.7 Å². The van der Waals surface area contributed by atoms with E-state index in [1.165, 1.54) is 5.56 Å². The molecule has 1 rings (SSSR count). The maximum absolute atomic E-state index is 11.9. The molecule has 3 nitrogen and oxygen atoms in total. The SMILES string of the molecule is C=C(COC)C(=O)N(C)c1ccc(C)cc1. The molecule has 0 spiro atoms. The van der Waals surface area contributed by atoms with Crippen LogP contribution in [0.5, 0.6) is 0 Å². The standard InChI is InChI=1S/C13H17NO2/c1-10-5-7-12(8-6-10)14(3)13(15)11(2)9-16-4/h5-8H,2,9H2,1,3-4H3. The highest BCUT2D eigenvalue weighted by Crippen LogP contribution is 2.15. The van der Waals surface area contributed by atoms with Gasteiger partial charge in [-0.25, -0.2) is 0 Å². The van der Waals surface area contributed by atoms with Gasteiger partial charge in [0.15, 0.2) is 0 Å². The van der Waals surface area contributed by atoms with E-state index in [1.54, 1.807) is 19.1 Å². The zero-order valence-electron chi connectivity index (χ0n) is 9.99. The number of hydrogen-bond acceptors (Lipinski definition) is 2. The smallest absolute Gasteiger partial charge is 0.255 e. The molecule has 0 aromatic heterocycles. The molecule has 0 heterocycles. The molecule has 1 amide bonds. The molecule has 0 aliphatic heterocycles. The van der Waals surface area contributed by atoms with Crippen molar-refractivity contribution in [2.45, 2.75) is 6.92 Å². The summed E-state index contributed by atoms with van der Waals surface area (Å²) in [6, 6.07) is 7.76. The van der Waals surface area contributed by atoms with Gasteiger partial charge in [-0.05, 0) is 19.1 Å². The van der Waals surface area contributed by atoms with Crippen molar-refractivity contribution in [3.05, 3.63) is 42.0 Å². The summed E-state index contributed by atoms with van der Waals surface area (Å²) < 4.78 is 4.88. The molecule has 0 atom stereocenters. The monoisotopic (exact) mass is 219 g/mol. The van der Waals surface area contributed by atoms with Gasteiger partial charge >= 0.3 is 0 Å². The number of nitrogens with zero attached hydrogens (tertiary/aromatic N) is 1. The number of methoxy groups -OCH3 is 1. The lowest BCUT2D eigenvalue weighted by Crippen LogP contribution is -2.28. The van der Waals surface area contributed by atoms with Crippen molar-refractivity contribution in [1.82, 2.24) is 0 Å². The predicted octanol–water partition coefficient (Wildman–Crippen LogP) is 2.16. The van der Waals surface area contributed by atoms with Crippen molar-refractivity contribution in [2.75, 3.05) is 25.7 Å². The average Bonchev–Trinajstić information content (AvgIpc) is 2.28. The number of rotatable bonds is 4. The molecule has 16 heavy (non-hydrogen) atoms. The van der Waals surface area contributed by atoms with Crippen LogP contribution >= 0.6 is 0 Å². The number of benzene rings is 1. The molecule has 0 aliphatic carbocycles. The molecule has 0 radical (unpaired) electrons. The highest BCUT2D eigenvalue weighted by Gasteiger charge is 2.13. The van der Waals surface area contributed by atoms with Gasteiger partial charge in [0.1, 0.15) is 0 Å².